The number of ether oxygens (including phenoxy) is 1. The molecule has 28 heavy (non-hydrogen) atoms. The summed E-state index contributed by atoms with van der Waals surface area (Å²) in [6, 6.07) is 5.96. The van der Waals surface area contributed by atoms with Gasteiger partial charge < -0.3 is 9.64 Å². The largest absolute Gasteiger partial charge is 0.381 e. The number of amides is 2. The predicted molar refractivity (Wildman–Crippen MR) is 102 cm³/mol. The monoisotopic (exact) mass is 389 g/mol. The van der Waals surface area contributed by atoms with Crippen LogP contribution in [-0.4, -0.2) is 60.1 Å². The van der Waals surface area contributed by atoms with E-state index in [0.717, 1.165) is 64.1 Å². The molecule has 1 aromatic carbocycles. The molecule has 0 aliphatic carbocycles. The van der Waals surface area contributed by atoms with Crippen LogP contribution < -0.4 is 5.43 Å². The topological polar surface area (TPSA) is 61.9 Å². The zero-order chi connectivity index (χ0) is 19.6. The Morgan fingerprint density at radius 3 is 2.75 bits per heavy atom. The zero-order valence-corrected chi connectivity index (χ0v) is 16.2. The van der Waals surface area contributed by atoms with Gasteiger partial charge in [0.1, 0.15) is 5.82 Å². The van der Waals surface area contributed by atoms with E-state index in [1.807, 2.05) is 0 Å². The summed E-state index contributed by atoms with van der Waals surface area (Å²) >= 11 is 0. The molecule has 1 atom stereocenters. The van der Waals surface area contributed by atoms with Gasteiger partial charge in [0.15, 0.2) is 0 Å². The van der Waals surface area contributed by atoms with Crippen LogP contribution in [0, 0.1) is 11.7 Å². The SMILES string of the molecule is O=C1CC2(CCCN(CC3CCOCC3)C2)N(C(=O)Cc2ccc(F)cc2)N1. The minimum Gasteiger partial charge on any atom is -0.381 e. The first-order chi connectivity index (χ1) is 13.5. The number of hydrazine groups is 1. The summed E-state index contributed by atoms with van der Waals surface area (Å²) in [6.45, 7) is 4.38. The van der Waals surface area contributed by atoms with Crippen molar-refractivity contribution in [1.82, 2.24) is 15.3 Å². The van der Waals surface area contributed by atoms with Crippen LogP contribution in [0.4, 0.5) is 4.39 Å². The molecule has 0 bridgehead atoms. The highest BCUT2D eigenvalue weighted by Gasteiger charge is 2.50. The molecule has 152 valence electrons. The Hall–Kier alpha value is -1.99. The third kappa shape index (κ3) is 4.20. The molecule has 2 amide bonds. The molecule has 4 rings (SSSR count). The van der Waals surface area contributed by atoms with E-state index in [2.05, 4.69) is 10.3 Å². The first kappa shape index (κ1) is 19.3. The molecule has 1 N–H and O–H groups in total. The Bertz CT molecular complexity index is 720. The van der Waals surface area contributed by atoms with Crippen molar-refractivity contribution < 1.29 is 18.7 Å². The molecule has 1 spiro atoms. The molecule has 0 radical (unpaired) electrons. The second-order valence-electron chi connectivity index (χ2n) is 8.36. The summed E-state index contributed by atoms with van der Waals surface area (Å²) in [5.41, 5.74) is 3.07. The first-order valence-corrected chi connectivity index (χ1v) is 10.2. The van der Waals surface area contributed by atoms with Crippen molar-refractivity contribution in [1.29, 1.82) is 0 Å². The van der Waals surface area contributed by atoms with Gasteiger partial charge in [-0.3, -0.25) is 15.0 Å². The quantitative estimate of drug-likeness (QED) is 0.854. The Morgan fingerprint density at radius 1 is 1.25 bits per heavy atom. The zero-order valence-electron chi connectivity index (χ0n) is 16.2. The number of nitrogens with zero attached hydrogens (tertiary/aromatic N) is 2. The Morgan fingerprint density at radius 2 is 2.00 bits per heavy atom. The maximum absolute atomic E-state index is 13.1. The molecular weight excluding hydrogens is 361 g/mol. The van der Waals surface area contributed by atoms with Crippen molar-refractivity contribution >= 4 is 11.8 Å². The number of piperidine rings is 1. The molecule has 6 nitrogen and oxygen atoms in total. The van der Waals surface area contributed by atoms with Crippen LogP contribution in [0.5, 0.6) is 0 Å². The Labute approximate surface area is 165 Å². The van der Waals surface area contributed by atoms with Gasteiger partial charge in [0.05, 0.1) is 18.4 Å². The predicted octanol–water partition coefficient (Wildman–Crippen LogP) is 1.89. The molecule has 3 heterocycles. The third-order valence-electron chi connectivity index (χ3n) is 6.21. The summed E-state index contributed by atoms with van der Waals surface area (Å²) in [6.07, 6.45) is 4.46. The van der Waals surface area contributed by atoms with E-state index in [-0.39, 0.29) is 24.1 Å². The Kier molecular flexibility index (Phi) is 5.64. The highest BCUT2D eigenvalue weighted by Crippen LogP contribution is 2.35. The van der Waals surface area contributed by atoms with E-state index in [9.17, 15) is 14.0 Å². The van der Waals surface area contributed by atoms with E-state index in [0.29, 0.717) is 12.3 Å². The van der Waals surface area contributed by atoms with Crippen molar-refractivity contribution in [3.63, 3.8) is 0 Å². The van der Waals surface area contributed by atoms with Gasteiger partial charge in [-0.1, -0.05) is 12.1 Å². The highest BCUT2D eigenvalue weighted by molar-refractivity contribution is 5.88. The number of carbonyl (C=O) groups is 2. The molecular formula is C21H28FN3O3. The van der Waals surface area contributed by atoms with Crippen molar-refractivity contribution in [3.8, 4) is 0 Å². The standard InChI is InChI=1S/C21H28FN3O3/c22-18-4-2-16(3-5-18)12-20(27)25-21(13-19(26)23-25)8-1-9-24(15-21)14-17-6-10-28-11-7-17/h2-5,17H,1,6-15H2,(H,23,26). The summed E-state index contributed by atoms with van der Waals surface area (Å²) in [4.78, 5) is 27.6. The minimum atomic E-state index is -0.475. The lowest BCUT2D eigenvalue weighted by atomic mass is 9.85. The maximum Gasteiger partial charge on any atom is 0.245 e. The highest BCUT2D eigenvalue weighted by atomic mass is 19.1. The number of hydrogen-bond acceptors (Lipinski definition) is 4. The van der Waals surface area contributed by atoms with E-state index in [1.54, 1.807) is 17.1 Å². The molecule has 3 saturated heterocycles. The summed E-state index contributed by atoms with van der Waals surface area (Å²) < 4.78 is 18.6. The van der Waals surface area contributed by atoms with Crippen LogP contribution in [-0.2, 0) is 20.7 Å². The number of hydrogen-bond donors (Lipinski definition) is 1. The normalized spacial score (nSPS) is 26.6. The summed E-state index contributed by atoms with van der Waals surface area (Å²) in [5, 5.41) is 1.58. The fourth-order valence-electron chi connectivity index (χ4n) is 4.83. The maximum atomic E-state index is 13.1. The fraction of sp³-hybridized carbons (Fsp3) is 0.619. The number of halogens is 1. The number of benzene rings is 1. The lowest BCUT2D eigenvalue weighted by molar-refractivity contribution is -0.142. The number of carbonyl (C=O) groups excluding carboxylic acids is 2. The van der Waals surface area contributed by atoms with Gasteiger partial charge in [0.2, 0.25) is 11.8 Å². The van der Waals surface area contributed by atoms with Crippen LogP contribution in [0.3, 0.4) is 0 Å². The van der Waals surface area contributed by atoms with Crippen LogP contribution in [0.25, 0.3) is 0 Å². The second kappa shape index (κ2) is 8.17. The molecule has 1 unspecified atom stereocenters. The number of rotatable bonds is 4. The number of nitrogens with one attached hydrogen (secondary N) is 1. The van der Waals surface area contributed by atoms with Crippen molar-refractivity contribution in [2.24, 2.45) is 5.92 Å². The lowest BCUT2D eigenvalue weighted by Crippen LogP contribution is -2.60. The second-order valence-corrected chi connectivity index (χ2v) is 8.36. The van der Waals surface area contributed by atoms with Gasteiger partial charge in [-0.2, -0.15) is 0 Å². The van der Waals surface area contributed by atoms with Crippen LogP contribution >= 0.6 is 0 Å². The molecule has 7 heteroatoms. The van der Waals surface area contributed by atoms with Gasteiger partial charge >= 0.3 is 0 Å². The lowest BCUT2D eigenvalue weighted by Gasteiger charge is -2.45. The van der Waals surface area contributed by atoms with Crippen LogP contribution in [0.1, 0.15) is 37.7 Å². The first-order valence-electron chi connectivity index (χ1n) is 10.2. The molecule has 0 saturated carbocycles. The van der Waals surface area contributed by atoms with Crippen molar-refractivity contribution in [3.05, 3.63) is 35.6 Å². The smallest absolute Gasteiger partial charge is 0.245 e. The summed E-state index contributed by atoms with van der Waals surface area (Å²) in [7, 11) is 0. The van der Waals surface area contributed by atoms with E-state index in [1.165, 1.54) is 12.1 Å². The van der Waals surface area contributed by atoms with E-state index >= 15 is 0 Å². The van der Waals surface area contributed by atoms with Crippen molar-refractivity contribution in [2.75, 3.05) is 32.8 Å². The molecule has 0 aromatic heterocycles. The average molecular weight is 389 g/mol. The molecule has 3 aliphatic heterocycles. The fourth-order valence-corrected chi connectivity index (χ4v) is 4.83. The van der Waals surface area contributed by atoms with Gasteiger partial charge in [0.25, 0.3) is 0 Å². The molecule has 3 aliphatic rings. The van der Waals surface area contributed by atoms with Gasteiger partial charge in [-0.05, 0) is 55.8 Å². The van der Waals surface area contributed by atoms with Crippen molar-refractivity contribution in [2.45, 2.75) is 44.1 Å². The third-order valence-corrected chi connectivity index (χ3v) is 6.21. The van der Waals surface area contributed by atoms with Crippen LogP contribution in [0.15, 0.2) is 24.3 Å². The van der Waals surface area contributed by atoms with E-state index < -0.39 is 5.54 Å². The average Bonchev–Trinajstić information content (AvgIpc) is 3.00. The minimum absolute atomic E-state index is 0.0969. The summed E-state index contributed by atoms with van der Waals surface area (Å²) in [5.74, 6) is 0.0706. The molecule has 1 aromatic rings. The van der Waals surface area contributed by atoms with Gasteiger partial charge in [-0.15, -0.1) is 0 Å². The van der Waals surface area contributed by atoms with Gasteiger partial charge in [-0.25, -0.2) is 9.40 Å². The number of likely N-dealkylation sites (tertiary alicyclic amines) is 1. The Balaban J connectivity index is 1.45. The van der Waals surface area contributed by atoms with E-state index in [4.69, 9.17) is 4.74 Å². The van der Waals surface area contributed by atoms with Gasteiger partial charge in [0, 0.05) is 26.3 Å². The van der Waals surface area contributed by atoms with Crippen LogP contribution in [0.2, 0.25) is 0 Å². The molecule has 3 fully saturated rings.